The van der Waals surface area contributed by atoms with Crippen molar-refractivity contribution in [3.8, 4) is 0 Å². The van der Waals surface area contributed by atoms with Crippen molar-refractivity contribution >= 4 is 44.3 Å². The van der Waals surface area contributed by atoms with Gasteiger partial charge in [0.1, 0.15) is 0 Å². The van der Waals surface area contributed by atoms with E-state index >= 15 is 0 Å². The molecule has 0 saturated carbocycles. The zero-order valence-electron chi connectivity index (χ0n) is 10.7. The Labute approximate surface area is 130 Å². The molecule has 100 valence electrons. The van der Waals surface area contributed by atoms with Crippen molar-refractivity contribution in [3.05, 3.63) is 64.8 Å². The third-order valence-electron chi connectivity index (χ3n) is 2.99. The maximum atomic E-state index is 5.75. The van der Waals surface area contributed by atoms with Gasteiger partial charge in [-0.1, -0.05) is 24.3 Å². The van der Waals surface area contributed by atoms with Crippen molar-refractivity contribution < 1.29 is 0 Å². The minimum absolute atomic E-state index is 0.769. The summed E-state index contributed by atoms with van der Waals surface area (Å²) in [6.07, 6.45) is 0. The summed E-state index contributed by atoms with van der Waals surface area (Å²) in [7, 11) is 0. The van der Waals surface area contributed by atoms with E-state index in [9.17, 15) is 0 Å². The largest absolute Gasteiger partial charge is 0.399 e. The van der Waals surface area contributed by atoms with Gasteiger partial charge in [-0.2, -0.15) is 0 Å². The standard InChI is InChI=1S/C16H13BrN2S/c17-14-9-12(18)6-8-16(14)20-10-13-7-5-11-3-1-2-4-15(11)19-13/h1-9H,10,18H2. The molecule has 0 aliphatic heterocycles. The average molecular weight is 345 g/mol. The molecule has 0 aliphatic rings. The van der Waals surface area contributed by atoms with Crippen LogP contribution in [-0.2, 0) is 5.75 Å². The Kier molecular flexibility index (Phi) is 3.94. The first-order valence-electron chi connectivity index (χ1n) is 6.25. The van der Waals surface area contributed by atoms with Gasteiger partial charge in [0.2, 0.25) is 0 Å². The van der Waals surface area contributed by atoms with Crippen LogP contribution in [0.15, 0.2) is 64.0 Å². The van der Waals surface area contributed by atoms with Crippen LogP contribution in [0.2, 0.25) is 0 Å². The lowest BCUT2D eigenvalue weighted by Gasteiger charge is -2.06. The number of fused-ring (bicyclic) bond motifs is 1. The van der Waals surface area contributed by atoms with Crippen molar-refractivity contribution in [2.45, 2.75) is 10.6 Å². The smallest absolute Gasteiger partial charge is 0.0705 e. The number of nitrogen functional groups attached to an aromatic ring is 1. The van der Waals surface area contributed by atoms with E-state index in [1.165, 1.54) is 10.3 Å². The Balaban J connectivity index is 1.79. The summed E-state index contributed by atoms with van der Waals surface area (Å²) in [6, 6.07) is 18.3. The van der Waals surface area contributed by atoms with Crippen molar-refractivity contribution in [2.24, 2.45) is 0 Å². The van der Waals surface area contributed by atoms with Crippen LogP contribution in [-0.4, -0.2) is 4.98 Å². The maximum absolute atomic E-state index is 5.75. The predicted octanol–water partition coefficient (Wildman–Crippen LogP) is 4.87. The molecule has 1 aromatic heterocycles. The molecule has 1 heterocycles. The molecular formula is C16H13BrN2S. The van der Waals surface area contributed by atoms with Crippen LogP contribution >= 0.6 is 27.7 Å². The van der Waals surface area contributed by atoms with Crippen molar-refractivity contribution in [1.82, 2.24) is 4.98 Å². The number of anilines is 1. The number of hydrogen-bond acceptors (Lipinski definition) is 3. The van der Waals surface area contributed by atoms with Gasteiger partial charge in [-0.15, -0.1) is 11.8 Å². The molecule has 2 nitrogen and oxygen atoms in total. The molecule has 0 bridgehead atoms. The summed E-state index contributed by atoms with van der Waals surface area (Å²) >= 11 is 5.29. The quantitative estimate of drug-likeness (QED) is 0.544. The molecule has 0 spiro atoms. The number of nitrogens with two attached hydrogens (primary N) is 1. The van der Waals surface area contributed by atoms with Crippen LogP contribution in [0, 0.1) is 0 Å². The fourth-order valence-electron chi connectivity index (χ4n) is 1.97. The molecule has 0 fully saturated rings. The van der Waals surface area contributed by atoms with Crippen molar-refractivity contribution in [3.63, 3.8) is 0 Å². The molecule has 0 unspecified atom stereocenters. The van der Waals surface area contributed by atoms with E-state index in [1.807, 2.05) is 36.4 Å². The zero-order chi connectivity index (χ0) is 13.9. The van der Waals surface area contributed by atoms with Gasteiger partial charge in [-0.25, -0.2) is 0 Å². The number of aromatic nitrogens is 1. The normalized spacial score (nSPS) is 10.8. The molecular weight excluding hydrogens is 332 g/mol. The Morgan fingerprint density at radius 3 is 2.75 bits per heavy atom. The van der Waals surface area contributed by atoms with Crippen molar-refractivity contribution in [1.29, 1.82) is 0 Å². The van der Waals surface area contributed by atoms with Gasteiger partial charge >= 0.3 is 0 Å². The number of thioether (sulfide) groups is 1. The zero-order valence-corrected chi connectivity index (χ0v) is 13.1. The number of para-hydroxylation sites is 1. The van der Waals surface area contributed by atoms with E-state index in [-0.39, 0.29) is 0 Å². The Hall–Kier alpha value is -1.52. The number of halogens is 1. The third-order valence-corrected chi connectivity index (χ3v) is 5.01. The highest BCUT2D eigenvalue weighted by Crippen LogP contribution is 2.31. The molecule has 0 radical (unpaired) electrons. The molecule has 0 atom stereocenters. The fraction of sp³-hybridized carbons (Fsp3) is 0.0625. The van der Waals surface area contributed by atoms with E-state index in [2.05, 4.69) is 39.1 Å². The number of benzene rings is 2. The van der Waals surface area contributed by atoms with Crippen LogP contribution in [0.4, 0.5) is 5.69 Å². The third kappa shape index (κ3) is 2.97. The molecule has 2 N–H and O–H groups in total. The van der Waals surface area contributed by atoms with Gasteiger partial charge in [0, 0.05) is 26.2 Å². The molecule has 4 heteroatoms. The Morgan fingerprint density at radius 1 is 1.05 bits per heavy atom. The molecule has 0 amide bonds. The Morgan fingerprint density at radius 2 is 1.90 bits per heavy atom. The highest BCUT2D eigenvalue weighted by molar-refractivity contribution is 9.10. The summed E-state index contributed by atoms with van der Waals surface area (Å²) in [4.78, 5) is 5.85. The minimum atomic E-state index is 0.769. The van der Waals surface area contributed by atoms with Crippen LogP contribution in [0.3, 0.4) is 0 Å². The van der Waals surface area contributed by atoms with E-state index in [0.717, 1.165) is 27.1 Å². The van der Waals surface area contributed by atoms with E-state index in [0.29, 0.717) is 0 Å². The molecule has 3 aromatic rings. The van der Waals surface area contributed by atoms with Gasteiger partial charge in [0.25, 0.3) is 0 Å². The first-order chi connectivity index (χ1) is 9.72. The van der Waals surface area contributed by atoms with Gasteiger partial charge in [0.15, 0.2) is 0 Å². The van der Waals surface area contributed by atoms with Crippen LogP contribution in [0.1, 0.15) is 5.69 Å². The van der Waals surface area contributed by atoms with Crippen LogP contribution < -0.4 is 5.73 Å². The van der Waals surface area contributed by atoms with E-state index in [4.69, 9.17) is 5.73 Å². The lowest BCUT2D eigenvalue weighted by Crippen LogP contribution is -1.89. The summed E-state index contributed by atoms with van der Waals surface area (Å²) < 4.78 is 1.03. The summed E-state index contributed by atoms with van der Waals surface area (Å²) in [5.41, 5.74) is 8.64. The molecule has 20 heavy (non-hydrogen) atoms. The summed E-state index contributed by atoms with van der Waals surface area (Å²) in [6.45, 7) is 0. The van der Waals surface area contributed by atoms with Gasteiger partial charge in [-0.05, 0) is 46.3 Å². The number of nitrogens with zero attached hydrogens (tertiary/aromatic N) is 1. The number of pyridine rings is 1. The maximum Gasteiger partial charge on any atom is 0.0705 e. The van der Waals surface area contributed by atoms with Gasteiger partial charge in [-0.3, -0.25) is 4.98 Å². The number of hydrogen-bond donors (Lipinski definition) is 1. The molecule has 0 saturated heterocycles. The van der Waals surface area contributed by atoms with Crippen molar-refractivity contribution in [2.75, 3.05) is 5.73 Å². The van der Waals surface area contributed by atoms with E-state index in [1.54, 1.807) is 11.8 Å². The Bertz CT molecular complexity index is 758. The first kappa shape index (κ1) is 13.5. The summed E-state index contributed by atoms with van der Waals surface area (Å²) in [5.74, 6) is 0.841. The topological polar surface area (TPSA) is 38.9 Å². The highest BCUT2D eigenvalue weighted by atomic mass is 79.9. The van der Waals surface area contributed by atoms with Crippen LogP contribution in [0.5, 0.6) is 0 Å². The van der Waals surface area contributed by atoms with Gasteiger partial charge < -0.3 is 5.73 Å². The van der Waals surface area contributed by atoms with E-state index < -0.39 is 0 Å². The lowest BCUT2D eigenvalue weighted by molar-refractivity contribution is 1.22. The second kappa shape index (κ2) is 5.85. The molecule has 2 aromatic carbocycles. The monoisotopic (exact) mass is 344 g/mol. The molecule has 3 rings (SSSR count). The second-order valence-electron chi connectivity index (χ2n) is 4.47. The fourth-order valence-corrected chi connectivity index (χ4v) is 3.54. The van der Waals surface area contributed by atoms with Gasteiger partial charge in [0.05, 0.1) is 11.2 Å². The molecule has 0 aliphatic carbocycles. The highest BCUT2D eigenvalue weighted by Gasteiger charge is 2.03. The second-order valence-corrected chi connectivity index (χ2v) is 6.35. The summed E-state index contributed by atoms with van der Waals surface area (Å²) in [5, 5.41) is 1.18. The first-order valence-corrected chi connectivity index (χ1v) is 8.03. The minimum Gasteiger partial charge on any atom is -0.399 e. The SMILES string of the molecule is Nc1ccc(SCc2ccc3ccccc3n2)c(Br)c1. The lowest BCUT2D eigenvalue weighted by atomic mass is 10.2. The predicted molar refractivity (Wildman–Crippen MR) is 89.9 cm³/mol. The number of rotatable bonds is 3. The van der Waals surface area contributed by atoms with Crippen LogP contribution in [0.25, 0.3) is 10.9 Å². The average Bonchev–Trinajstić information content (AvgIpc) is 2.46.